The highest BCUT2D eigenvalue weighted by atomic mass is 32.2. The number of likely N-dealkylation sites (tertiary alicyclic amines) is 1. The Morgan fingerprint density at radius 2 is 2.28 bits per heavy atom. The molecule has 1 aliphatic rings. The minimum atomic E-state index is -1.16. The number of aromatic nitrogens is 1. The first-order chi connectivity index (χ1) is 14.0. The first-order valence-corrected chi connectivity index (χ1v) is 11.4. The Bertz CT molecular complexity index is 835. The summed E-state index contributed by atoms with van der Waals surface area (Å²) in [6.45, 7) is 2.36. The van der Waals surface area contributed by atoms with E-state index in [0.29, 0.717) is 30.7 Å². The molecule has 1 aliphatic heterocycles. The number of fused-ring (bicyclic) bond motifs is 1. The van der Waals surface area contributed by atoms with Gasteiger partial charge in [-0.05, 0) is 67.8 Å². The van der Waals surface area contributed by atoms with Crippen molar-refractivity contribution in [2.75, 3.05) is 38.8 Å². The average molecular weight is 421 g/mol. The number of rotatable bonds is 9. The van der Waals surface area contributed by atoms with E-state index in [2.05, 4.69) is 16.1 Å². The predicted octanol–water partition coefficient (Wildman–Crippen LogP) is 4.42. The number of piperidine rings is 1. The maximum atomic E-state index is 15.2. The standard InChI is InChI=1S/C22H29FN2O3S/c1-28-16-4-6-21-18(13-16)17(7-9-24-21)20(23)5-3-15-8-10-25(11-12-29-2)14-19(15)22(26)27/h4,6-7,9,13,15,19-20H,3,5,8,10-12,14H2,1-2H3,(H,26,27)/t15-,19+,20?/m1/s1. The molecule has 3 atom stereocenters. The lowest BCUT2D eigenvalue weighted by Crippen LogP contribution is -2.44. The Balaban J connectivity index is 1.67. The van der Waals surface area contributed by atoms with Crippen LogP contribution in [0.4, 0.5) is 4.39 Å². The second kappa shape index (κ2) is 10.3. The zero-order valence-electron chi connectivity index (χ0n) is 17.0. The van der Waals surface area contributed by atoms with Crippen molar-refractivity contribution in [2.24, 2.45) is 11.8 Å². The van der Waals surface area contributed by atoms with Crippen molar-refractivity contribution >= 4 is 28.6 Å². The molecule has 0 amide bonds. The van der Waals surface area contributed by atoms with Crippen LogP contribution in [0.1, 0.15) is 31.0 Å². The van der Waals surface area contributed by atoms with E-state index in [0.717, 1.165) is 36.2 Å². The van der Waals surface area contributed by atoms with Gasteiger partial charge in [0.15, 0.2) is 0 Å². The summed E-state index contributed by atoms with van der Waals surface area (Å²) in [5.41, 5.74) is 1.33. The molecule has 0 spiro atoms. The van der Waals surface area contributed by atoms with Gasteiger partial charge in [-0.1, -0.05) is 0 Å². The minimum absolute atomic E-state index is 0.0129. The van der Waals surface area contributed by atoms with E-state index in [9.17, 15) is 9.90 Å². The molecule has 29 heavy (non-hydrogen) atoms. The summed E-state index contributed by atoms with van der Waals surface area (Å²) in [5, 5.41) is 10.4. The normalized spacial score (nSPS) is 21.2. The van der Waals surface area contributed by atoms with Gasteiger partial charge in [-0.2, -0.15) is 11.8 Å². The molecule has 5 nitrogen and oxygen atoms in total. The summed E-state index contributed by atoms with van der Waals surface area (Å²) in [6, 6.07) is 7.17. The number of hydrogen-bond acceptors (Lipinski definition) is 5. The average Bonchev–Trinajstić information content (AvgIpc) is 2.75. The number of carbonyl (C=O) groups is 1. The molecule has 1 saturated heterocycles. The van der Waals surface area contributed by atoms with Gasteiger partial charge in [0.2, 0.25) is 0 Å². The first-order valence-electron chi connectivity index (χ1n) is 10.0. The van der Waals surface area contributed by atoms with Crippen LogP contribution in [0.5, 0.6) is 5.75 Å². The predicted molar refractivity (Wildman–Crippen MR) is 115 cm³/mol. The van der Waals surface area contributed by atoms with Crippen molar-refractivity contribution in [2.45, 2.75) is 25.4 Å². The fourth-order valence-corrected chi connectivity index (χ4v) is 4.62. The first kappa shape index (κ1) is 21.8. The molecule has 7 heteroatoms. The van der Waals surface area contributed by atoms with E-state index in [4.69, 9.17) is 4.74 Å². The molecule has 2 aromatic rings. The molecule has 1 aromatic carbocycles. The molecule has 1 fully saturated rings. The van der Waals surface area contributed by atoms with Gasteiger partial charge in [0.1, 0.15) is 11.9 Å². The Hall–Kier alpha value is -1.86. The van der Waals surface area contributed by atoms with Crippen LogP contribution in [-0.4, -0.2) is 59.7 Å². The van der Waals surface area contributed by atoms with Gasteiger partial charge >= 0.3 is 5.97 Å². The zero-order chi connectivity index (χ0) is 20.8. The Morgan fingerprint density at radius 1 is 1.45 bits per heavy atom. The lowest BCUT2D eigenvalue weighted by Gasteiger charge is -2.36. The van der Waals surface area contributed by atoms with E-state index in [1.807, 2.05) is 18.2 Å². The maximum absolute atomic E-state index is 15.2. The van der Waals surface area contributed by atoms with Crippen molar-refractivity contribution in [3.63, 3.8) is 0 Å². The van der Waals surface area contributed by atoms with Crippen LogP contribution >= 0.6 is 11.8 Å². The van der Waals surface area contributed by atoms with Crippen LogP contribution in [0, 0.1) is 11.8 Å². The number of hydrogen-bond donors (Lipinski definition) is 1. The monoisotopic (exact) mass is 420 g/mol. The van der Waals surface area contributed by atoms with Gasteiger partial charge < -0.3 is 14.7 Å². The van der Waals surface area contributed by atoms with Gasteiger partial charge in [-0.25, -0.2) is 4.39 Å². The van der Waals surface area contributed by atoms with Crippen LogP contribution in [0.3, 0.4) is 0 Å². The topological polar surface area (TPSA) is 62.7 Å². The zero-order valence-corrected chi connectivity index (χ0v) is 17.8. The van der Waals surface area contributed by atoms with Gasteiger partial charge in [-0.3, -0.25) is 9.78 Å². The van der Waals surface area contributed by atoms with Gasteiger partial charge in [0.05, 0.1) is 18.5 Å². The molecule has 1 N–H and O–H groups in total. The highest BCUT2D eigenvalue weighted by Gasteiger charge is 2.34. The molecular weight excluding hydrogens is 391 g/mol. The van der Waals surface area contributed by atoms with Crippen LogP contribution in [-0.2, 0) is 4.79 Å². The van der Waals surface area contributed by atoms with E-state index in [1.54, 1.807) is 31.1 Å². The van der Waals surface area contributed by atoms with Crippen molar-refractivity contribution in [3.8, 4) is 5.75 Å². The molecule has 3 rings (SSSR count). The molecule has 1 aromatic heterocycles. The molecule has 0 radical (unpaired) electrons. The second-order valence-electron chi connectivity index (χ2n) is 7.62. The third-order valence-electron chi connectivity index (χ3n) is 5.88. The number of nitrogens with zero attached hydrogens (tertiary/aromatic N) is 2. The van der Waals surface area contributed by atoms with E-state index in [-0.39, 0.29) is 5.92 Å². The fraction of sp³-hybridized carbons (Fsp3) is 0.545. The van der Waals surface area contributed by atoms with Crippen LogP contribution in [0.25, 0.3) is 10.9 Å². The van der Waals surface area contributed by atoms with E-state index in [1.165, 1.54) is 0 Å². The highest BCUT2D eigenvalue weighted by Crippen LogP contribution is 2.35. The third-order valence-corrected chi connectivity index (χ3v) is 6.47. The summed E-state index contributed by atoms with van der Waals surface area (Å²) in [6.07, 6.45) is 4.22. The molecule has 158 valence electrons. The number of methoxy groups -OCH3 is 1. The lowest BCUT2D eigenvalue weighted by atomic mass is 9.81. The van der Waals surface area contributed by atoms with Crippen LogP contribution in [0.15, 0.2) is 30.5 Å². The SMILES string of the molecule is COc1ccc2nccc(C(F)CC[C@@H]3CCN(CCSC)C[C@@H]3C(=O)O)c2c1. The van der Waals surface area contributed by atoms with Gasteiger partial charge in [-0.15, -0.1) is 0 Å². The molecule has 2 heterocycles. The summed E-state index contributed by atoms with van der Waals surface area (Å²) in [5.74, 6) is 0.495. The van der Waals surface area contributed by atoms with Crippen molar-refractivity contribution in [1.29, 1.82) is 0 Å². The van der Waals surface area contributed by atoms with Crippen LogP contribution in [0.2, 0.25) is 0 Å². The van der Waals surface area contributed by atoms with Crippen LogP contribution < -0.4 is 4.74 Å². The Kier molecular flexibility index (Phi) is 7.72. The summed E-state index contributed by atoms with van der Waals surface area (Å²) in [4.78, 5) is 18.3. The Morgan fingerprint density at radius 3 is 3.00 bits per heavy atom. The fourth-order valence-electron chi connectivity index (χ4n) is 4.18. The van der Waals surface area contributed by atoms with Gasteiger partial charge in [0.25, 0.3) is 0 Å². The summed E-state index contributed by atoms with van der Waals surface area (Å²) in [7, 11) is 1.59. The van der Waals surface area contributed by atoms with E-state index < -0.39 is 18.1 Å². The number of benzene rings is 1. The number of alkyl halides is 1. The molecule has 0 saturated carbocycles. The number of aliphatic carboxylic acids is 1. The maximum Gasteiger partial charge on any atom is 0.308 e. The second-order valence-corrected chi connectivity index (χ2v) is 8.60. The quantitative estimate of drug-likeness (QED) is 0.648. The number of carboxylic acid groups (broad SMARTS) is 1. The van der Waals surface area contributed by atoms with Crippen molar-refractivity contribution in [3.05, 3.63) is 36.0 Å². The third kappa shape index (κ3) is 5.39. The number of halogens is 1. The molecule has 0 bridgehead atoms. The Labute approximate surface area is 175 Å². The highest BCUT2D eigenvalue weighted by molar-refractivity contribution is 7.98. The smallest absolute Gasteiger partial charge is 0.308 e. The van der Waals surface area contributed by atoms with Gasteiger partial charge in [0, 0.05) is 30.4 Å². The number of carboxylic acids is 1. The number of thioether (sulfide) groups is 1. The largest absolute Gasteiger partial charge is 0.497 e. The minimum Gasteiger partial charge on any atom is -0.497 e. The summed E-state index contributed by atoms with van der Waals surface area (Å²) < 4.78 is 20.5. The molecular formula is C22H29FN2O3S. The molecule has 1 unspecified atom stereocenters. The van der Waals surface area contributed by atoms with E-state index >= 15 is 4.39 Å². The lowest BCUT2D eigenvalue weighted by molar-refractivity contribution is -0.146. The number of pyridine rings is 1. The number of ether oxygens (including phenoxy) is 1. The van der Waals surface area contributed by atoms with Crippen molar-refractivity contribution < 1.29 is 19.0 Å². The van der Waals surface area contributed by atoms with Crippen molar-refractivity contribution in [1.82, 2.24) is 9.88 Å². The molecule has 0 aliphatic carbocycles. The summed E-state index contributed by atoms with van der Waals surface area (Å²) >= 11 is 1.77.